The number of benzene rings is 2. The van der Waals surface area contributed by atoms with Crippen molar-refractivity contribution in [2.24, 2.45) is 0 Å². The van der Waals surface area contributed by atoms with E-state index in [0.29, 0.717) is 17.8 Å². The van der Waals surface area contributed by atoms with E-state index in [9.17, 15) is 14.9 Å². The largest absolute Gasteiger partial charge is 0.377 e. The summed E-state index contributed by atoms with van der Waals surface area (Å²) in [5.41, 5.74) is 1.84. The molecule has 27 heavy (non-hydrogen) atoms. The number of carbonyl (C=O) groups excluding carboxylic acids is 1. The van der Waals surface area contributed by atoms with Gasteiger partial charge in [-0.15, -0.1) is 11.3 Å². The number of anilines is 1. The van der Waals surface area contributed by atoms with Crippen molar-refractivity contribution in [1.82, 2.24) is 10.3 Å². The molecule has 0 spiro atoms. The summed E-state index contributed by atoms with van der Waals surface area (Å²) in [7, 11) is 3.59. The fourth-order valence-electron chi connectivity index (χ4n) is 2.77. The average molecular weight is 384 g/mol. The van der Waals surface area contributed by atoms with Crippen LogP contribution in [0.5, 0.6) is 0 Å². The first kappa shape index (κ1) is 18.8. The van der Waals surface area contributed by atoms with Crippen LogP contribution in [0.25, 0.3) is 10.2 Å². The van der Waals surface area contributed by atoms with Crippen molar-refractivity contribution in [2.75, 3.05) is 25.5 Å². The van der Waals surface area contributed by atoms with Crippen molar-refractivity contribution in [3.8, 4) is 0 Å². The van der Waals surface area contributed by atoms with Crippen molar-refractivity contribution >= 4 is 38.8 Å². The molecule has 0 atom stereocenters. The molecule has 0 aliphatic carbocycles. The van der Waals surface area contributed by atoms with Gasteiger partial charge in [0.25, 0.3) is 11.6 Å². The number of rotatable bonds is 7. The lowest BCUT2D eigenvalue weighted by atomic mass is 10.1. The van der Waals surface area contributed by atoms with E-state index in [1.165, 1.54) is 12.1 Å². The SMILES string of the molecule is CN(C)c1ccc([N+](=O)[O-])cc1C(=O)NCCCc1nc2ccccc2s1. The maximum atomic E-state index is 12.5. The van der Waals surface area contributed by atoms with E-state index in [-0.39, 0.29) is 11.6 Å². The lowest BCUT2D eigenvalue weighted by molar-refractivity contribution is -0.384. The molecule has 1 N–H and O–H groups in total. The molecule has 0 saturated carbocycles. The van der Waals surface area contributed by atoms with E-state index in [0.717, 1.165) is 28.1 Å². The monoisotopic (exact) mass is 384 g/mol. The molecule has 8 heteroatoms. The van der Waals surface area contributed by atoms with E-state index in [1.807, 2.05) is 24.3 Å². The maximum absolute atomic E-state index is 12.5. The molecular formula is C19H20N4O3S. The first-order valence-corrected chi connectivity index (χ1v) is 9.36. The Morgan fingerprint density at radius 3 is 2.74 bits per heavy atom. The highest BCUT2D eigenvalue weighted by atomic mass is 32.1. The molecule has 140 valence electrons. The van der Waals surface area contributed by atoms with Crippen LogP contribution >= 0.6 is 11.3 Å². The molecule has 0 radical (unpaired) electrons. The summed E-state index contributed by atoms with van der Waals surface area (Å²) in [6.07, 6.45) is 1.52. The van der Waals surface area contributed by atoms with Gasteiger partial charge < -0.3 is 10.2 Å². The lowest BCUT2D eigenvalue weighted by Crippen LogP contribution is -2.27. The van der Waals surface area contributed by atoms with E-state index in [4.69, 9.17) is 0 Å². The Morgan fingerprint density at radius 2 is 2.04 bits per heavy atom. The topological polar surface area (TPSA) is 88.4 Å². The maximum Gasteiger partial charge on any atom is 0.270 e. The molecule has 0 unspecified atom stereocenters. The van der Waals surface area contributed by atoms with Crippen LogP contribution in [0.4, 0.5) is 11.4 Å². The van der Waals surface area contributed by atoms with Crippen molar-refractivity contribution in [1.29, 1.82) is 0 Å². The van der Waals surface area contributed by atoms with Crippen LogP contribution in [-0.4, -0.2) is 36.5 Å². The second-order valence-electron chi connectivity index (χ2n) is 6.29. The first-order valence-electron chi connectivity index (χ1n) is 8.54. The van der Waals surface area contributed by atoms with Gasteiger partial charge in [0, 0.05) is 44.9 Å². The van der Waals surface area contributed by atoms with Crippen molar-refractivity contribution < 1.29 is 9.72 Å². The third kappa shape index (κ3) is 4.40. The van der Waals surface area contributed by atoms with Gasteiger partial charge >= 0.3 is 0 Å². The van der Waals surface area contributed by atoms with Crippen LogP contribution in [-0.2, 0) is 6.42 Å². The Hall–Kier alpha value is -3.00. The van der Waals surface area contributed by atoms with Gasteiger partial charge in [-0.1, -0.05) is 12.1 Å². The molecule has 0 saturated heterocycles. The van der Waals surface area contributed by atoms with Crippen LogP contribution < -0.4 is 10.2 Å². The van der Waals surface area contributed by atoms with Crippen LogP contribution in [0, 0.1) is 10.1 Å². The first-order chi connectivity index (χ1) is 13.0. The fraction of sp³-hybridized carbons (Fsp3) is 0.263. The Balaban J connectivity index is 1.61. The number of hydrogen-bond donors (Lipinski definition) is 1. The molecule has 2 aromatic carbocycles. The molecule has 0 fully saturated rings. The number of aryl methyl sites for hydroxylation is 1. The number of hydrogen-bond acceptors (Lipinski definition) is 6. The van der Waals surface area contributed by atoms with E-state index >= 15 is 0 Å². The highest BCUT2D eigenvalue weighted by molar-refractivity contribution is 7.18. The second kappa shape index (κ2) is 8.13. The number of nitrogens with one attached hydrogen (secondary N) is 1. The highest BCUT2D eigenvalue weighted by Gasteiger charge is 2.17. The van der Waals surface area contributed by atoms with Gasteiger partial charge in [-0.3, -0.25) is 14.9 Å². The third-order valence-electron chi connectivity index (χ3n) is 4.11. The average Bonchev–Trinajstić information content (AvgIpc) is 3.07. The molecule has 1 amide bonds. The van der Waals surface area contributed by atoms with Gasteiger partial charge in [0.2, 0.25) is 0 Å². The number of nitro benzene ring substituents is 1. The Bertz CT molecular complexity index is 951. The Labute approximate surface area is 160 Å². The summed E-state index contributed by atoms with van der Waals surface area (Å²) < 4.78 is 1.16. The molecule has 0 bridgehead atoms. The highest BCUT2D eigenvalue weighted by Crippen LogP contribution is 2.24. The van der Waals surface area contributed by atoms with Gasteiger partial charge in [0.15, 0.2) is 0 Å². The Kier molecular flexibility index (Phi) is 5.66. The van der Waals surface area contributed by atoms with E-state index in [1.54, 1.807) is 36.4 Å². The zero-order valence-electron chi connectivity index (χ0n) is 15.1. The number of carbonyl (C=O) groups is 1. The number of fused-ring (bicyclic) bond motifs is 1. The quantitative estimate of drug-likeness (QED) is 0.382. The normalized spacial score (nSPS) is 10.7. The van der Waals surface area contributed by atoms with E-state index < -0.39 is 4.92 Å². The summed E-state index contributed by atoms with van der Waals surface area (Å²) in [6.45, 7) is 0.477. The zero-order chi connectivity index (χ0) is 19.4. The lowest BCUT2D eigenvalue weighted by Gasteiger charge is -2.16. The number of amides is 1. The standard InChI is InChI=1S/C19H20N4O3S/c1-22(2)16-10-9-13(23(25)26)12-14(16)19(24)20-11-5-8-18-21-15-6-3-4-7-17(15)27-18/h3-4,6-7,9-10,12H,5,8,11H2,1-2H3,(H,20,24). The molecule has 1 aromatic heterocycles. The molecule has 3 rings (SSSR count). The van der Waals surface area contributed by atoms with Gasteiger partial charge in [-0.05, 0) is 24.6 Å². The molecule has 0 aliphatic heterocycles. The number of nitro groups is 1. The summed E-state index contributed by atoms with van der Waals surface area (Å²) in [5.74, 6) is -0.313. The second-order valence-corrected chi connectivity index (χ2v) is 7.40. The molecule has 1 heterocycles. The minimum Gasteiger partial charge on any atom is -0.377 e. The zero-order valence-corrected chi connectivity index (χ0v) is 16.0. The minimum absolute atomic E-state index is 0.0970. The van der Waals surface area contributed by atoms with Crippen molar-refractivity contribution in [3.63, 3.8) is 0 Å². The predicted octanol–water partition coefficient (Wildman–Crippen LogP) is 3.63. The van der Waals surface area contributed by atoms with Gasteiger partial charge in [-0.25, -0.2) is 4.98 Å². The van der Waals surface area contributed by atoms with Crippen LogP contribution in [0.2, 0.25) is 0 Å². The summed E-state index contributed by atoms with van der Waals surface area (Å²) >= 11 is 1.66. The summed E-state index contributed by atoms with van der Waals surface area (Å²) in [5, 5.41) is 14.9. The van der Waals surface area contributed by atoms with E-state index in [2.05, 4.69) is 10.3 Å². The number of para-hydroxylation sites is 1. The molecular weight excluding hydrogens is 364 g/mol. The van der Waals surface area contributed by atoms with Crippen LogP contribution in [0.3, 0.4) is 0 Å². The van der Waals surface area contributed by atoms with Gasteiger partial charge in [0.1, 0.15) is 0 Å². The molecule has 3 aromatic rings. The number of nitrogens with zero attached hydrogens (tertiary/aromatic N) is 3. The van der Waals surface area contributed by atoms with Crippen LogP contribution in [0.1, 0.15) is 21.8 Å². The summed E-state index contributed by atoms with van der Waals surface area (Å²) in [6, 6.07) is 12.3. The minimum atomic E-state index is -0.497. The number of thiazole rings is 1. The molecule has 0 aliphatic rings. The smallest absolute Gasteiger partial charge is 0.270 e. The predicted molar refractivity (Wildman–Crippen MR) is 108 cm³/mol. The fourth-order valence-corrected chi connectivity index (χ4v) is 3.78. The van der Waals surface area contributed by atoms with Gasteiger partial charge in [0.05, 0.1) is 25.7 Å². The van der Waals surface area contributed by atoms with Crippen molar-refractivity contribution in [2.45, 2.75) is 12.8 Å². The molecule has 7 nitrogen and oxygen atoms in total. The Morgan fingerprint density at radius 1 is 1.26 bits per heavy atom. The third-order valence-corrected chi connectivity index (χ3v) is 5.20. The van der Waals surface area contributed by atoms with Crippen molar-refractivity contribution in [3.05, 3.63) is 63.1 Å². The summed E-state index contributed by atoms with van der Waals surface area (Å²) in [4.78, 5) is 29.4. The number of non-ortho nitro benzene ring substituents is 1. The van der Waals surface area contributed by atoms with Gasteiger partial charge in [-0.2, -0.15) is 0 Å². The van der Waals surface area contributed by atoms with Crippen LogP contribution in [0.15, 0.2) is 42.5 Å². The number of aromatic nitrogens is 1.